The number of halogens is 3. The van der Waals surface area contributed by atoms with Gasteiger partial charge >= 0.3 is 12.2 Å². The van der Waals surface area contributed by atoms with E-state index in [0.717, 1.165) is 22.8 Å². The minimum absolute atomic E-state index is 0.347. The van der Waals surface area contributed by atoms with Crippen LogP contribution in [0.25, 0.3) is 16.5 Å². The van der Waals surface area contributed by atoms with E-state index >= 15 is 0 Å². The fourth-order valence-electron chi connectivity index (χ4n) is 3.05. The standard InChI is InChI=1S/C22H22F3N3O/c1-13(2)14-6-5-7-16(10-14)21(3,4)28-20(29)26-17-8-9-18-15(11-17)12-19(27-18)22(23,24)25/h5-12,27H,1H2,2-4H3,(H2,26,28,29). The summed E-state index contributed by atoms with van der Waals surface area (Å²) in [5, 5.41) is 5.94. The third kappa shape index (κ3) is 4.62. The van der Waals surface area contributed by atoms with Crippen LogP contribution in [-0.4, -0.2) is 11.0 Å². The molecule has 3 aromatic rings. The maximum atomic E-state index is 12.8. The second-order valence-corrected chi connectivity index (χ2v) is 7.55. The van der Waals surface area contributed by atoms with Crippen LogP contribution >= 0.6 is 0 Å². The largest absolute Gasteiger partial charge is 0.431 e. The molecule has 0 aliphatic carbocycles. The number of nitrogens with one attached hydrogen (secondary N) is 3. The van der Waals surface area contributed by atoms with Crippen molar-refractivity contribution in [3.63, 3.8) is 0 Å². The number of hydrogen-bond donors (Lipinski definition) is 3. The number of carbonyl (C=O) groups excluding carboxylic acids is 1. The highest BCUT2D eigenvalue weighted by Gasteiger charge is 2.32. The second kappa shape index (κ2) is 7.31. The van der Waals surface area contributed by atoms with Gasteiger partial charge in [0.05, 0.1) is 5.54 Å². The smallest absolute Gasteiger partial charge is 0.351 e. The number of hydrogen-bond acceptors (Lipinski definition) is 1. The van der Waals surface area contributed by atoms with Crippen LogP contribution in [0.3, 0.4) is 0 Å². The Kier molecular flexibility index (Phi) is 5.17. The zero-order valence-electron chi connectivity index (χ0n) is 16.4. The van der Waals surface area contributed by atoms with Crippen LogP contribution in [0.15, 0.2) is 55.1 Å². The lowest BCUT2D eigenvalue weighted by molar-refractivity contribution is -0.140. The Morgan fingerprint density at radius 2 is 1.79 bits per heavy atom. The lowest BCUT2D eigenvalue weighted by Gasteiger charge is -2.27. The van der Waals surface area contributed by atoms with Gasteiger partial charge in [0.2, 0.25) is 0 Å². The summed E-state index contributed by atoms with van der Waals surface area (Å²) in [6, 6.07) is 12.8. The summed E-state index contributed by atoms with van der Waals surface area (Å²) in [6.07, 6.45) is -4.45. The Hall–Kier alpha value is -3.22. The summed E-state index contributed by atoms with van der Waals surface area (Å²) >= 11 is 0. The molecular formula is C22H22F3N3O. The molecular weight excluding hydrogens is 379 g/mol. The molecule has 2 amide bonds. The van der Waals surface area contributed by atoms with Gasteiger partial charge in [-0.2, -0.15) is 13.2 Å². The molecule has 4 nitrogen and oxygen atoms in total. The van der Waals surface area contributed by atoms with E-state index in [1.165, 1.54) is 12.1 Å². The molecule has 1 heterocycles. The number of allylic oxidation sites excluding steroid dienone is 1. The van der Waals surface area contributed by atoms with Gasteiger partial charge in [0, 0.05) is 16.6 Å². The minimum atomic E-state index is -4.45. The van der Waals surface area contributed by atoms with Crippen LogP contribution in [0.1, 0.15) is 37.6 Å². The SMILES string of the molecule is C=C(C)c1cccc(C(C)(C)NC(=O)Nc2ccc3[nH]c(C(F)(F)F)cc3c2)c1. The van der Waals surface area contributed by atoms with Crippen molar-refractivity contribution in [1.29, 1.82) is 0 Å². The molecule has 0 saturated carbocycles. The predicted molar refractivity (Wildman–Crippen MR) is 110 cm³/mol. The Bertz CT molecular complexity index is 1080. The van der Waals surface area contributed by atoms with Crippen molar-refractivity contribution in [2.75, 3.05) is 5.32 Å². The number of aromatic nitrogens is 1. The molecule has 1 aromatic heterocycles. The van der Waals surface area contributed by atoms with E-state index in [2.05, 4.69) is 22.2 Å². The molecule has 2 aromatic carbocycles. The van der Waals surface area contributed by atoms with Crippen molar-refractivity contribution in [3.8, 4) is 0 Å². The van der Waals surface area contributed by atoms with Gasteiger partial charge < -0.3 is 15.6 Å². The number of benzene rings is 2. The van der Waals surface area contributed by atoms with Crippen molar-refractivity contribution in [1.82, 2.24) is 10.3 Å². The van der Waals surface area contributed by atoms with Gasteiger partial charge in [0.15, 0.2) is 0 Å². The molecule has 29 heavy (non-hydrogen) atoms. The highest BCUT2D eigenvalue weighted by Crippen LogP contribution is 2.32. The van der Waals surface area contributed by atoms with Crippen LogP contribution in [0.2, 0.25) is 0 Å². The molecule has 7 heteroatoms. The van der Waals surface area contributed by atoms with Crippen molar-refractivity contribution < 1.29 is 18.0 Å². The Balaban J connectivity index is 1.76. The van der Waals surface area contributed by atoms with E-state index in [1.54, 1.807) is 6.07 Å². The van der Waals surface area contributed by atoms with Gasteiger partial charge in [-0.05, 0) is 62.2 Å². The number of carbonyl (C=O) groups is 1. The monoisotopic (exact) mass is 401 g/mol. The van der Waals surface area contributed by atoms with Crippen LogP contribution in [0.5, 0.6) is 0 Å². The van der Waals surface area contributed by atoms with Gasteiger partial charge in [-0.3, -0.25) is 0 Å². The number of alkyl halides is 3. The zero-order valence-corrected chi connectivity index (χ0v) is 16.4. The third-order valence-electron chi connectivity index (χ3n) is 4.69. The van der Waals surface area contributed by atoms with Gasteiger partial charge in [-0.1, -0.05) is 30.4 Å². The van der Waals surface area contributed by atoms with E-state index in [4.69, 9.17) is 0 Å². The summed E-state index contributed by atoms with van der Waals surface area (Å²) in [5.41, 5.74) is 2.06. The average Bonchev–Trinajstić information content (AvgIpc) is 3.05. The van der Waals surface area contributed by atoms with Crippen LogP contribution in [-0.2, 0) is 11.7 Å². The van der Waals surface area contributed by atoms with E-state index in [0.29, 0.717) is 16.6 Å². The molecule has 0 saturated heterocycles. The van der Waals surface area contributed by atoms with Crippen molar-refractivity contribution >= 4 is 28.2 Å². The Morgan fingerprint density at radius 3 is 2.45 bits per heavy atom. The molecule has 0 fully saturated rings. The number of rotatable bonds is 4. The fraction of sp³-hybridized carbons (Fsp3) is 0.227. The molecule has 0 radical (unpaired) electrons. The van der Waals surface area contributed by atoms with Crippen LogP contribution in [0, 0.1) is 0 Å². The topological polar surface area (TPSA) is 56.9 Å². The highest BCUT2D eigenvalue weighted by atomic mass is 19.4. The van der Waals surface area contributed by atoms with Crippen molar-refractivity contribution in [2.45, 2.75) is 32.5 Å². The first-order valence-electron chi connectivity index (χ1n) is 9.01. The van der Waals surface area contributed by atoms with Crippen LogP contribution < -0.4 is 10.6 Å². The number of H-pyrrole nitrogens is 1. The van der Waals surface area contributed by atoms with Gasteiger partial charge in [-0.25, -0.2) is 4.79 Å². The summed E-state index contributed by atoms with van der Waals surface area (Å²) < 4.78 is 38.5. The lowest BCUT2D eigenvalue weighted by atomic mass is 9.92. The average molecular weight is 401 g/mol. The first-order chi connectivity index (χ1) is 13.5. The maximum Gasteiger partial charge on any atom is 0.431 e. The molecule has 0 atom stereocenters. The van der Waals surface area contributed by atoms with E-state index in [9.17, 15) is 18.0 Å². The lowest BCUT2D eigenvalue weighted by Crippen LogP contribution is -2.43. The number of anilines is 1. The number of fused-ring (bicyclic) bond motifs is 1. The minimum Gasteiger partial charge on any atom is -0.351 e. The molecule has 0 aliphatic rings. The summed E-state index contributed by atoms with van der Waals surface area (Å²) in [5.74, 6) is 0. The first kappa shape index (κ1) is 20.5. The third-order valence-corrected chi connectivity index (χ3v) is 4.69. The second-order valence-electron chi connectivity index (χ2n) is 7.55. The van der Waals surface area contributed by atoms with E-state index in [1.807, 2.05) is 45.0 Å². The van der Waals surface area contributed by atoms with Gasteiger partial charge in [0.1, 0.15) is 5.69 Å². The predicted octanol–water partition coefficient (Wildman–Crippen LogP) is 6.28. The zero-order chi connectivity index (χ0) is 21.4. The highest BCUT2D eigenvalue weighted by molar-refractivity contribution is 5.93. The summed E-state index contributed by atoms with van der Waals surface area (Å²) in [4.78, 5) is 14.8. The normalized spacial score (nSPS) is 12.1. The van der Waals surface area contributed by atoms with Gasteiger partial charge in [-0.15, -0.1) is 0 Å². The molecule has 3 N–H and O–H groups in total. The van der Waals surface area contributed by atoms with Crippen molar-refractivity contribution in [2.24, 2.45) is 0 Å². The van der Waals surface area contributed by atoms with Gasteiger partial charge in [0.25, 0.3) is 0 Å². The molecule has 3 rings (SSSR count). The summed E-state index contributed by atoms with van der Waals surface area (Å²) in [6.45, 7) is 9.58. The number of aromatic amines is 1. The molecule has 152 valence electrons. The molecule has 0 bridgehead atoms. The number of amides is 2. The maximum absolute atomic E-state index is 12.8. The molecule has 0 aliphatic heterocycles. The van der Waals surface area contributed by atoms with E-state index < -0.39 is 23.4 Å². The van der Waals surface area contributed by atoms with Crippen molar-refractivity contribution in [3.05, 3.63) is 71.9 Å². The Labute approximate surface area is 166 Å². The van der Waals surface area contributed by atoms with Crippen LogP contribution in [0.4, 0.5) is 23.7 Å². The Morgan fingerprint density at radius 1 is 1.07 bits per heavy atom. The van der Waals surface area contributed by atoms with E-state index in [-0.39, 0.29) is 0 Å². The summed E-state index contributed by atoms with van der Waals surface area (Å²) in [7, 11) is 0. The first-order valence-corrected chi connectivity index (χ1v) is 9.01. The quantitative estimate of drug-likeness (QED) is 0.474. The molecule has 0 spiro atoms. The number of urea groups is 1. The fourth-order valence-corrected chi connectivity index (χ4v) is 3.05. The molecule has 0 unspecified atom stereocenters.